The third-order valence-corrected chi connectivity index (χ3v) is 2.58. The van der Waals surface area contributed by atoms with E-state index in [2.05, 4.69) is 6.07 Å². The van der Waals surface area contributed by atoms with Crippen molar-refractivity contribution in [1.82, 2.24) is 0 Å². The van der Waals surface area contributed by atoms with Crippen LogP contribution < -0.4 is 10.5 Å². The van der Waals surface area contributed by atoms with Gasteiger partial charge in [0.25, 0.3) is 0 Å². The Labute approximate surface area is 89.2 Å². The highest BCUT2D eigenvalue weighted by Gasteiger charge is 2.12. The van der Waals surface area contributed by atoms with Crippen molar-refractivity contribution in [3.63, 3.8) is 0 Å². The van der Waals surface area contributed by atoms with Crippen LogP contribution in [0, 0.1) is 0 Å². The van der Waals surface area contributed by atoms with Crippen LogP contribution in [-0.4, -0.2) is 18.9 Å². The molecular weight excluding hydrogens is 190 g/mol. The Hall–Kier alpha value is -1.35. The Bertz CT molecular complexity index is 374. The molecule has 0 aromatic heterocycles. The van der Waals surface area contributed by atoms with Crippen LogP contribution in [0.1, 0.15) is 17.5 Å². The summed E-state index contributed by atoms with van der Waals surface area (Å²) in [6.45, 7) is 1.20. The summed E-state index contributed by atoms with van der Waals surface area (Å²) in [5.41, 5.74) is 7.62. The normalized spacial score (nSPS) is 13.4. The van der Waals surface area contributed by atoms with E-state index >= 15 is 0 Å². The van der Waals surface area contributed by atoms with E-state index in [-0.39, 0.29) is 5.78 Å². The van der Waals surface area contributed by atoms with Crippen molar-refractivity contribution in [2.24, 2.45) is 5.73 Å². The van der Waals surface area contributed by atoms with Crippen molar-refractivity contribution in [2.75, 3.05) is 13.2 Å². The van der Waals surface area contributed by atoms with Crippen LogP contribution in [0.15, 0.2) is 18.2 Å². The van der Waals surface area contributed by atoms with E-state index in [1.54, 1.807) is 0 Å². The van der Waals surface area contributed by atoms with Gasteiger partial charge < -0.3 is 10.5 Å². The minimum absolute atomic E-state index is 0.205. The van der Waals surface area contributed by atoms with Gasteiger partial charge in [-0.1, -0.05) is 12.1 Å². The summed E-state index contributed by atoms with van der Waals surface area (Å²) in [5.74, 6) is 1.17. The van der Waals surface area contributed by atoms with Gasteiger partial charge in [-0.15, -0.1) is 0 Å². The third-order valence-electron chi connectivity index (χ3n) is 2.58. The fourth-order valence-corrected chi connectivity index (χ4v) is 1.83. The second-order valence-corrected chi connectivity index (χ2v) is 3.79. The average molecular weight is 205 g/mol. The SMILES string of the molecule is NCCC(=O)Cc1ccc2c(c1)CCO2. The van der Waals surface area contributed by atoms with E-state index < -0.39 is 0 Å². The maximum atomic E-state index is 11.4. The molecular formula is C12H15NO2. The summed E-state index contributed by atoms with van der Waals surface area (Å²) in [6.07, 6.45) is 1.91. The van der Waals surface area contributed by atoms with Crippen molar-refractivity contribution < 1.29 is 9.53 Å². The summed E-state index contributed by atoms with van der Waals surface area (Å²) in [7, 11) is 0. The molecule has 2 N–H and O–H groups in total. The molecule has 0 saturated heterocycles. The van der Waals surface area contributed by atoms with E-state index in [0.717, 1.165) is 24.3 Å². The summed E-state index contributed by atoms with van der Waals surface area (Å²) in [4.78, 5) is 11.4. The molecule has 0 bridgehead atoms. The van der Waals surface area contributed by atoms with E-state index in [0.29, 0.717) is 19.4 Å². The first-order valence-corrected chi connectivity index (χ1v) is 5.26. The summed E-state index contributed by atoms with van der Waals surface area (Å²) >= 11 is 0. The molecule has 15 heavy (non-hydrogen) atoms. The smallest absolute Gasteiger partial charge is 0.138 e. The molecule has 0 radical (unpaired) electrons. The van der Waals surface area contributed by atoms with Gasteiger partial charge in [-0.3, -0.25) is 4.79 Å². The number of hydrogen-bond donors (Lipinski definition) is 1. The first kappa shape index (κ1) is 10.2. The monoisotopic (exact) mass is 205 g/mol. The van der Waals surface area contributed by atoms with Gasteiger partial charge in [0, 0.05) is 19.3 Å². The first-order chi connectivity index (χ1) is 7.29. The number of Topliss-reactive ketones (excluding diaryl/α,β-unsaturated/α-hetero) is 1. The van der Waals surface area contributed by atoms with Crippen molar-refractivity contribution in [3.8, 4) is 5.75 Å². The van der Waals surface area contributed by atoms with Crippen molar-refractivity contribution in [1.29, 1.82) is 0 Å². The zero-order valence-corrected chi connectivity index (χ0v) is 8.66. The lowest BCUT2D eigenvalue weighted by Gasteiger charge is -2.03. The number of ketones is 1. The number of rotatable bonds is 4. The highest BCUT2D eigenvalue weighted by atomic mass is 16.5. The first-order valence-electron chi connectivity index (χ1n) is 5.26. The second kappa shape index (κ2) is 4.45. The number of ether oxygens (including phenoxy) is 1. The van der Waals surface area contributed by atoms with Crippen molar-refractivity contribution in [3.05, 3.63) is 29.3 Å². The Morgan fingerprint density at radius 1 is 1.47 bits per heavy atom. The minimum atomic E-state index is 0.205. The standard InChI is InChI=1S/C12H15NO2/c13-5-3-11(14)8-9-1-2-12-10(7-9)4-6-15-12/h1-2,7H,3-6,8,13H2. The highest BCUT2D eigenvalue weighted by molar-refractivity contribution is 5.81. The average Bonchev–Trinajstić information content (AvgIpc) is 2.65. The Morgan fingerprint density at radius 2 is 2.33 bits per heavy atom. The fraction of sp³-hybridized carbons (Fsp3) is 0.417. The van der Waals surface area contributed by atoms with Crippen LogP contribution in [0.2, 0.25) is 0 Å². The van der Waals surface area contributed by atoms with Gasteiger partial charge in [-0.05, 0) is 23.7 Å². The molecule has 3 heteroatoms. The lowest BCUT2D eigenvalue weighted by molar-refractivity contribution is -0.118. The minimum Gasteiger partial charge on any atom is -0.493 e. The van der Waals surface area contributed by atoms with E-state index in [9.17, 15) is 4.79 Å². The van der Waals surface area contributed by atoms with Crippen molar-refractivity contribution in [2.45, 2.75) is 19.3 Å². The third kappa shape index (κ3) is 2.36. The highest BCUT2D eigenvalue weighted by Crippen LogP contribution is 2.26. The van der Waals surface area contributed by atoms with E-state index in [4.69, 9.17) is 10.5 Å². The van der Waals surface area contributed by atoms with Gasteiger partial charge in [-0.25, -0.2) is 0 Å². The molecule has 1 aromatic rings. The molecule has 1 aliphatic rings. The maximum absolute atomic E-state index is 11.4. The fourth-order valence-electron chi connectivity index (χ4n) is 1.83. The van der Waals surface area contributed by atoms with Gasteiger partial charge in [0.1, 0.15) is 11.5 Å². The molecule has 0 spiro atoms. The quantitative estimate of drug-likeness (QED) is 0.800. The molecule has 0 fully saturated rings. The van der Waals surface area contributed by atoms with Gasteiger partial charge in [0.05, 0.1) is 6.61 Å². The van der Waals surface area contributed by atoms with E-state index in [1.165, 1.54) is 5.56 Å². The van der Waals surface area contributed by atoms with Gasteiger partial charge in [0.2, 0.25) is 0 Å². The van der Waals surface area contributed by atoms with Crippen molar-refractivity contribution >= 4 is 5.78 Å². The lowest BCUT2D eigenvalue weighted by atomic mass is 10.0. The number of fused-ring (bicyclic) bond motifs is 1. The summed E-state index contributed by atoms with van der Waals surface area (Å²) in [5, 5.41) is 0. The Morgan fingerprint density at radius 3 is 3.13 bits per heavy atom. The Kier molecular flexibility index (Phi) is 3.02. The zero-order chi connectivity index (χ0) is 10.7. The predicted octanol–water partition coefficient (Wildman–Crippen LogP) is 1.08. The number of nitrogens with two attached hydrogens (primary N) is 1. The summed E-state index contributed by atoms with van der Waals surface area (Å²) < 4.78 is 5.40. The molecule has 1 heterocycles. The molecule has 80 valence electrons. The van der Waals surface area contributed by atoms with E-state index in [1.807, 2.05) is 12.1 Å². The van der Waals surface area contributed by atoms with Crippen LogP contribution in [0.5, 0.6) is 5.75 Å². The summed E-state index contributed by atoms with van der Waals surface area (Å²) in [6, 6.07) is 5.97. The zero-order valence-electron chi connectivity index (χ0n) is 8.66. The van der Waals surface area contributed by atoms with Crippen LogP contribution >= 0.6 is 0 Å². The largest absolute Gasteiger partial charge is 0.493 e. The lowest BCUT2D eigenvalue weighted by Crippen LogP contribution is -2.10. The molecule has 0 aliphatic carbocycles. The topological polar surface area (TPSA) is 52.3 Å². The number of carbonyl (C=O) groups excluding carboxylic acids is 1. The van der Waals surface area contributed by atoms with Crippen LogP contribution in [-0.2, 0) is 17.6 Å². The molecule has 3 nitrogen and oxygen atoms in total. The number of benzene rings is 1. The molecule has 0 saturated carbocycles. The number of hydrogen-bond acceptors (Lipinski definition) is 3. The molecule has 2 rings (SSSR count). The molecule has 0 amide bonds. The molecule has 0 atom stereocenters. The van der Waals surface area contributed by atoms with Gasteiger partial charge >= 0.3 is 0 Å². The van der Waals surface area contributed by atoms with Gasteiger partial charge in [-0.2, -0.15) is 0 Å². The molecule has 0 unspecified atom stereocenters. The van der Waals surface area contributed by atoms with Gasteiger partial charge in [0.15, 0.2) is 0 Å². The Balaban J connectivity index is 2.06. The molecule has 1 aliphatic heterocycles. The van der Waals surface area contributed by atoms with Crippen LogP contribution in [0.4, 0.5) is 0 Å². The van der Waals surface area contributed by atoms with Crippen LogP contribution in [0.25, 0.3) is 0 Å². The van der Waals surface area contributed by atoms with Crippen LogP contribution in [0.3, 0.4) is 0 Å². The maximum Gasteiger partial charge on any atom is 0.138 e. The number of carbonyl (C=O) groups is 1. The predicted molar refractivity (Wildman–Crippen MR) is 58.0 cm³/mol. The second-order valence-electron chi connectivity index (χ2n) is 3.79. The molecule has 1 aromatic carbocycles.